The van der Waals surface area contributed by atoms with E-state index in [1.54, 1.807) is 6.07 Å². The fourth-order valence-corrected chi connectivity index (χ4v) is 3.57. The first-order valence-corrected chi connectivity index (χ1v) is 10.1. The Morgan fingerprint density at radius 2 is 2.03 bits per heavy atom. The van der Waals surface area contributed by atoms with Crippen LogP contribution in [0, 0.1) is 17.1 Å². The van der Waals surface area contributed by atoms with Gasteiger partial charge in [-0.3, -0.25) is 14.5 Å². The molecule has 2 aromatic heterocycles. The van der Waals surface area contributed by atoms with E-state index in [1.165, 1.54) is 55.1 Å². The SMILES string of the molecule is N#Cc1cc(F)cc(C(N)=O)c1.c1cc(-c2cc3n(n2)CCCC3)cc(C2CC2)n1. The molecule has 5 rings (SSSR count). The largest absolute Gasteiger partial charge is 0.366 e. The Kier molecular flexibility index (Phi) is 5.57. The number of hydrogen-bond donors (Lipinski definition) is 1. The number of nitrogens with two attached hydrogens (primary N) is 1. The number of halogens is 1. The van der Waals surface area contributed by atoms with Crippen LogP contribution in [0.1, 0.15) is 58.9 Å². The number of aryl methyl sites for hydroxylation is 2. The summed E-state index contributed by atoms with van der Waals surface area (Å²) in [5.74, 6) is -0.670. The van der Waals surface area contributed by atoms with Crippen LogP contribution in [0.3, 0.4) is 0 Å². The number of benzene rings is 1. The van der Waals surface area contributed by atoms with Crippen LogP contribution in [0.2, 0.25) is 0 Å². The molecule has 7 heteroatoms. The van der Waals surface area contributed by atoms with Gasteiger partial charge in [0.2, 0.25) is 5.91 Å². The van der Waals surface area contributed by atoms with E-state index in [2.05, 4.69) is 27.9 Å². The summed E-state index contributed by atoms with van der Waals surface area (Å²) in [7, 11) is 0. The summed E-state index contributed by atoms with van der Waals surface area (Å²) < 4.78 is 14.8. The van der Waals surface area contributed by atoms with Crippen molar-refractivity contribution < 1.29 is 9.18 Å². The predicted octanol–water partition coefficient (Wildman–Crippen LogP) is 3.96. The van der Waals surface area contributed by atoms with Crippen LogP contribution in [-0.2, 0) is 13.0 Å². The van der Waals surface area contributed by atoms with Gasteiger partial charge in [-0.1, -0.05) is 0 Å². The maximum absolute atomic E-state index is 12.6. The number of pyridine rings is 1. The van der Waals surface area contributed by atoms with E-state index in [0.717, 1.165) is 24.4 Å². The van der Waals surface area contributed by atoms with Crippen molar-refractivity contribution in [3.8, 4) is 17.3 Å². The summed E-state index contributed by atoms with van der Waals surface area (Å²) in [5, 5.41) is 13.1. The summed E-state index contributed by atoms with van der Waals surface area (Å²) in [4.78, 5) is 15.0. The molecule has 0 atom stereocenters. The number of carbonyl (C=O) groups is 1. The molecule has 1 aromatic carbocycles. The van der Waals surface area contributed by atoms with E-state index in [4.69, 9.17) is 16.1 Å². The average molecular weight is 403 g/mol. The van der Waals surface area contributed by atoms with Gasteiger partial charge < -0.3 is 5.73 Å². The van der Waals surface area contributed by atoms with Gasteiger partial charge in [-0.25, -0.2) is 4.39 Å². The quantitative estimate of drug-likeness (QED) is 0.716. The predicted molar refractivity (Wildman–Crippen MR) is 110 cm³/mol. The molecule has 30 heavy (non-hydrogen) atoms. The molecule has 1 saturated carbocycles. The van der Waals surface area contributed by atoms with Crippen LogP contribution in [-0.4, -0.2) is 20.7 Å². The van der Waals surface area contributed by atoms with Crippen molar-refractivity contribution in [2.75, 3.05) is 0 Å². The summed E-state index contributed by atoms with van der Waals surface area (Å²) >= 11 is 0. The zero-order valence-corrected chi connectivity index (χ0v) is 16.5. The Morgan fingerprint density at radius 3 is 2.73 bits per heavy atom. The summed E-state index contributed by atoms with van der Waals surface area (Å²) in [6.07, 6.45) is 8.27. The van der Waals surface area contributed by atoms with E-state index in [0.29, 0.717) is 5.92 Å². The average Bonchev–Trinajstić information content (AvgIpc) is 3.52. The molecule has 1 amide bonds. The third kappa shape index (κ3) is 4.54. The van der Waals surface area contributed by atoms with Gasteiger partial charge in [-0.2, -0.15) is 10.4 Å². The van der Waals surface area contributed by atoms with Gasteiger partial charge in [0.25, 0.3) is 0 Å². The molecule has 1 aliphatic heterocycles. The highest BCUT2D eigenvalue weighted by molar-refractivity contribution is 5.93. The molecule has 0 bridgehead atoms. The monoisotopic (exact) mass is 403 g/mol. The molecule has 6 nitrogen and oxygen atoms in total. The lowest BCUT2D eigenvalue weighted by atomic mass is 10.1. The van der Waals surface area contributed by atoms with Crippen molar-refractivity contribution in [2.45, 2.75) is 44.6 Å². The van der Waals surface area contributed by atoms with Crippen molar-refractivity contribution in [1.82, 2.24) is 14.8 Å². The Labute approximate surface area is 174 Å². The van der Waals surface area contributed by atoms with Crippen molar-refractivity contribution >= 4 is 5.91 Å². The van der Waals surface area contributed by atoms with Gasteiger partial charge in [0.1, 0.15) is 5.82 Å². The molecule has 152 valence electrons. The molecule has 1 aliphatic carbocycles. The summed E-state index contributed by atoms with van der Waals surface area (Å²) in [6.45, 7) is 1.08. The van der Waals surface area contributed by atoms with E-state index in [9.17, 15) is 9.18 Å². The number of primary amides is 1. The van der Waals surface area contributed by atoms with Gasteiger partial charge in [0, 0.05) is 41.2 Å². The minimum Gasteiger partial charge on any atom is -0.366 e. The lowest BCUT2D eigenvalue weighted by molar-refractivity contribution is 0.1000. The molecule has 3 heterocycles. The fourth-order valence-electron chi connectivity index (χ4n) is 3.57. The molecule has 2 aliphatic rings. The third-order valence-electron chi connectivity index (χ3n) is 5.30. The second-order valence-corrected chi connectivity index (χ2v) is 7.65. The third-order valence-corrected chi connectivity index (χ3v) is 5.30. The summed E-state index contributed by atoms with van der Waals surface area (Å²) in [5.41, 5.74) is 9.97. The van der Waals surface area contributed by atoms with Crippen molar-refractivity contribution in [3.05, 3.63) is 70.9 Å². The van der Waals surface area contributed by atoms with E-state index in [1.807, 2.05) is 6.20 Å². The van der Waals surface area contributed by atoms with Crippen LogP contribution in [0.5, 0.6) is 0 Å². The Bertz CT molecular complexity index is 1100. The number of rotatable bonds is 3. The number of fused-ring (bicyclic) bond motifs is 1. The Morgan fingerprint density at radius 1 is 1.20 bits per heavy atom. The van der Waals surface area contributed by atoms with Crippen LogP contribution in [0.25, 0.3) is 11.3 Å². The van der Waals surface area contributed by atoms with E-state index >= 15 is 0 Å². The normalized spacial score (nSPS) is 14.8. The van der Waals surface area contributed by atoms with Gasteiger partial charge >= 0.3 is 0 Å². The highest BCUT2D eigenvalue weighted by atomic mass is 19.1. The standard InChI is InChI=1S/C15H17N3.C8H5FN2O/c1-2-8-18-13(3-1)10-15(17-18)12-6-7-16-14(9-12)11-4-5-11;9-7-2-5(4-10)1-6(3-7)8(11)12/h6-7,9-11H,1-5,8H2;1-3H,(H2,11,12). The van der Waals surface area contributed by atoms with Crippen molar-refractivity contribution in [2.24, 2.45) is 5.73 Å². The van der Waals surface area contributed by atoms with Crippen LogP contribution in [0.4, 0.5) is 4.39 Å². The van der Waals surface area contributed by atoms with Crippen LogP contribution < -0.4 is 5.73 Å². The lowest BCUT2D eigenvalue weighted by Gasteiger charge is -2.11. The molecule has 1 fully saturated rings. The molecular formula is C23H22FN5O. The second kappa shape index (κ2) is 8.46. The minimum atomic E-state index is -0.744. The zero-order valence-electron chi connectivity index (χ0n) is 16.5. The number of amides is 1. The highest BCUT2D eigenvalue weighted by Crippen LogP contribution is 2.39. The zero-order chi connectivity index (χ0) is 21.1. The maximum atomic E-state index is 12.6. The van der Waals surface area contributed by atoms with Crippen LogP contribution in [0.15, 0.2) is 42.6 Å². The molecule has 3 aromatic rings. The smallest absolute Gasteiger partial charge is 0.248 e. The number of hydrogen-bond acceptors (Lipinski definition) is 4. The lowest BCUT2D eigenvalue weighted by Crippen LogP contribution is -2.11. The fraction of sp³-hybridized carbons (Fsp3) is 0.304. The van der Waals surface area contributed by atoms with Crippen molar-refractivity contribution in [3.63, 3.8) is 0 Å². The first-order valence-electron chi connectivity index (χ1n) is 10.1. The van der Waals surface area contributed by atoms with E-state index in [-0.39, 0.29) is 11.1 Å². The number of nitrogens with zero attached hydrogens (tertiary/aromatic N) is 4. The van der Waals surface area contributed by atoms with Gasteiger partial charge in [-0.05, 0) is 68.5 Å². The Hall–Kier alpha value is -3.53. The maximum Gasteiger partial charge on any atom is 0.248 e. The highest BCUT2D eigenvalue weighted by Gasteiger charge is 2.25. The second-order valence-electron chi connectivity index (χ2n) is 7.65. The number of carbonyl (C=O) groups excluding carboxylic acids is 1. The minimum absolute atomic E-state index is 0.00606. The van der Waals surface area contributed by atoms with Gasteiger partial charge in [0.05, 0.1) is 17.3 Å². The topological polar surface area (TPSA) is 97.6 Å². The molecule has 2 N–H and O–H groups in total. The molecular weight excluding hydrogens is 381 g/mol. The van der Waals surface area contributed by atoms with Crippen LogP contribution >= 0.6 is 0 Å². The molecule has 0 radical (unpaired) electrons. The first kappa shape index (κ1) is 19.8. The number of nitriles is 1. The van der Waals surface area contributed by atoms with Gasteiger partial charge in [-0.15, -0.1) is 0 Å². The molecule has 0 unspecified atom stereocenters. The first-order chi connectivity index (χ1) is 14.5. The van der Waals surface area contributed by atoms with Gasteiger partial charge in [0.15, 0.2) is 0 Å². The molecule has 0 spiro atoms. The van der Waals surface area contributed by atoms with Crippen molar-refractivity contribution in [1.29, 1.82) is 5.26 Å². The number of aromatic nitrogens is 3. The van der Waals surface area contributed by atoms with E-state index < -0.39 is 11.7 Å². The molecule has 0 saturated heterocycles. The summed E-state index contributed by atoms with van der Waals surface area (Å²) in [6, 6.07) is 11.5. The Balaban J connectivity index is 0.000000159.